The maximum absolute atomic E-state index is 11.8. The third-order valence-electron chi connectivity index (χ3n) is 3.47. The summed E-state index contributed by atoms with van der Waals surface area (Å²) in [4.78, 5) is 11.8. The number of carbonyl (C=O) groups is 1. The normalized spacial score (nSPS) is 17.4. The smallest absolute Gasteiger partial charge is 0.224 e. The van der Waals surface area contributed by atoms with E-state index in [1.165, 1.54) is 6.42 Å². The van der Waals surface area contributed by atoms with Crippen molar-refractivity contribution in [2.24, 2.45) is 5.73 Å². The highest BCUT2D eigenvalue weighted by Crippen LogP contribution is 2.25. The van der Waals surface area contributed by atoms with Crippen molar-refractivity contribution in [1.82, 2.24) is 0 Å². The summed E-state index contributed by atoms with van der Waals surface area (Å²) in [6.07, 6.45) is 4.61. The highest BCUT2D eigenvalue weighted by atomic mass is 35.5. The second-order valence-corrected chi connectivity index (χ2v) is 5.24. The van der Waals surface area contributed by atoms with Crippen LogP contribution in [-0.2, 0) is 9.53 Å². The summed E-state index contributed by atoms with van der Waals surface area (Å²) in [5, 5.41) is 2.87. The molecule has 0 saturated carbocycles. The Balaban J connectivity index is 0.00000242. The molecule has 1 atom stereocenters. The molecular formula is C16H25ClN2O3. The molecule has 0 bridgehead atoms. The van der Waals surface area contributed by atoms with E-state index in [1.54, 1.807) is 0 Å². The van der Waals surface area contributed by atoms with Crippen molar-refractivity contribution in [3.05, 3.63) is 24.3 Å². The number of nitrogens with one attached hydrogen (secondary N) is 1. The number of benzene rings is 1. The molecule has 1 heterocycles. The Morgan fingerprint density at radius 3 is 2.91 bits per heavy atom. The van der Waals surface area contributed by atoms with Crippen molar-refractivity contribution in [3.63, 3.8) is 0 Å². The zero-order valence-corrected chi connectivity index (χ0v) is 13.6. The van der Waals surface area contributed by atoms with Gasteiger partial charge in [0.1, 0.15) is 12.4 Å². The molecule has 124 valence electrons. The van der Waals surface area contributed by atoms with Crippen LogP contribution in [0.25, 0.3) is 0 Å². The fourth-order valence-corrected chi connectivity index (χ4v) is 2.29. The number of para-hydroxylation sites is 2. The Kier molecular flexibility index (Phi) is 8.89. The lowest BCUT2D eigenvalue weighted by atomic mass is 10.1. The van der Waals surface area contributed by atoms with Crippen molar-refractivity contribution in [2.45, 2.75) is 38.2 Å². The first-order valence-corrected chi connectivity index (χ1v) is 7.63. The van der Waals surface area contributed by atoms with Gasteiger partial charge in [0, 0.05) is 13.0 Å². The van der Waals surface area contributed by atoms with Crippen LogP contribution < -0.4 is 15.8 Å². The summed E-state index contributed by atoms with van der Waals surface area (Å²) in [6.45, 7) is 1.85. The Hall–Kier alpha value is -1.30. The second kappa shape index (κ2) is 10.4. The van der Waals surface area contributed by atoms with Crippen LogP contribution in [0.1, 0.15) is 32.1 Å². The van der Waals surface area contributed by atoms with Crippen molar-refractivity contribution in [1.29, 1.82) is 0 Å². The Morgan fingerprint density at radius 1 is 1.36 bits per heavy atom. The van der Waals surface area contributed by atoms with Crippen LogP contribution in [0.15, 0.2) is 24.3 Å². The van der Waals surface area contributed by atoms with Gasteiger partial charge in [0.15, 0.2) is 0 Å². The molecule has 5 nitrogen and oxygen atoms in total. The van der Waals surface area contributed by atoms with E-state index in [-0.39, 0.29) is 24.4 Å². The van der Waals surface area contributed by atoms with Gasteiger partial charge in [-0.2, -0.15) is 0 Å². The Bertz CT molecular complexity index is 451. The minimum atomic E-state index is -0.0367. The lowest BCUT2D eigenvalue weighted by molar-refractivity contribution is -0.116. The number of hydrogen-bond acceptors (Lipinski definition) is 4. The third kappa shape index (κ3) is 6.22. The Labute approximate surface area is 138 Å². The maximum Gasteiger partial charge on any atom is 0.224 e. The number of nitrogens with two attached hydrogens (primary N) is 1. The van der Waals surface area contributed by atoms with Crippen molar-refractivity contribution in [2.75, 3.05) is 25.1 Å². The fraction of sp³-hybridized carbons (Fsp3) is 0.562. The molecule has 1 amide bonds. The first kappa shape index (κ1) is 18.7. The van der Waals surface area contributed by atoms with Crippen LogP contribution in [0.5, 0.6) is 5.75 Å². The van der Waals surface area contributed by atoms with Gasteiger partial charge in [-0.25, -0.2) is 0 Å². The summed E-state index contributed by atoms with van der Waals surface area (Å²) in [6, 6.07) is 7.48. The number of hydrogen-bond donors (Lipinski definition) is 2. The second-order valence-electron chi connectivity index (χ2n) is 5.24. The molecule has 1 aromatic carbocycles. The molecule has 1 aliphatic heterocycles. The van der Waals surface area contributed by atoms with E-state index in [0.29, 0.717) is 37.4 Å². The zero-order chi connectivity index (χ0) is 14.9. The molecule has 1 fully saturated rings. The molecule has 1 unspecified atom stereocenters. The van der Waals surface area contributed by atoms with Gasteiger partial charge in [0.25, 0.3) is 0 Å². The van der Waals surface area contributed by atoms with Crippen LogP contribution in [0.2, 0.25) is 0 Å². The molecule has 1 aliphatic rings. The number of carbonyl (C=O) groups excluding carboxylic acids is 1. The summed E-state index contributed by atoms with van der Waals surface area (Å²) in [7, 11) is 0. The van der Waals surface area contributed by atoms with Gasteiger partial charge in [0.2, 0.25) is 5.91 Å². The molecule has 0 spiro atoms. The van der Waals surface area contributed by atoms with E-state index in [1.807, 2.05) is 24.3 Å². The lowest BCUT2D eigenvalue weighted by Crippen LogP contribution is -2.26. The van der Waals surface area contributed by atoms with Crippen LogP contribution in [0, 0.1) is 0 Å². The standard InChI is InChI=1S/C16H24N2O3.ClH/c17-10-5-9-16(19)18-14-7-1-2-8-15(14)21-12-13-6-3-4-11-20-13;/h1-2,7-8,13H,3-6,9-12,17H2,(H,18,19);1H. The van der Waals surface area contributed by atoms with Crippen LogP contribution in [0.4, 0.5) is 5.69 Å². The van der Waals surface area contributed by atoms with E-state index < -0.39 is 0 Å². The molecule has 0 aromatic heterocycles. The molecule has 0 radical (unpaired) electrons. The average Bonchev–Trinajstić information content (AvgIpc) is 2.53. The number of ether oxygens (including phenoxy) is 2. The molecular weight excluding hydrogens is 304 g/mol. The van der Waals surface area contributed by atoms with Gasteiger partial charge >= 0.3 is 0 Å². The minimum absolute atomic E-state index is 0. The van der Waals surface area contributed by atoms with Crippen molar-refractivity contribution in [3.8, 4) is 5.75 Å². The molecule has 22 heavy (non-hydrogen) atoms. The summed E-state index contributed by atoms with van der Waals surface area (Å²) < 4.78 is 11.5. The predicted octanol–water partition coefficient (Wildman–Crippen LogP) is 2.73. The first-order chi connectivity index (χ1) is 10.3. The highest BCUT2D eigenvalue weighted by Gasteiger charge is 2.15. The Morgan fingerprint density at radius 2 is 2.18 bits per heavy atom. The van der Waals surface area contributed by atoms with Crippen molar-refractivity contribution < 1.29 is 14.3 Å². The molecule has 0 aliphatic carbocycles. The van der Waals surface area contributed by atoms with Crippen LogP contribution in [0.3, 0.4) is 0 Å². The number of amides is 1. The molecule has 1 aromatic rings. The van der Waals surface area contributed by atoms with E-state index in [2.05, 4.69) is 5.32 Å². The van der Waals surface area contributed by atoms with Gasteiger partial charge < -0.3 is 20.5 Å². The molecule has 2 rings (SSSR count). The van der Waals surface area contributed by atoms with Gasteiger partial charge in [0.05, 0.1) is 11.8 Å². The monoisotopic (exact) mass is 328 g/mol. The fourth-order valence-electron chi connectivity index (χ4n) is 2.29. The van der Waals surface area contributed by atoms with Gasteiger partial charge in [-0.1, -0.05) is 12.1 Å². The molecule has 1 saturated heterocycles. The van der Waals surface area contributed by atoms with Crippen LogP contribution >= 0.6 is 12.4 Å². The van der Waals surface area contributed by atoms with Gasteiger partial charge in [-0.05, 0) is 44.4 Å². The van der Waals surface area contributed by atoms with E-state index >= 15 is 0 Å². The number of halogens is 1. The summed E-state index contributed by atoms with van der Waals surface area (Å²) in [5.74, 6) is 0.651. The van der Waals surface area contributed by atoms with E-state index in [0.717, 1.165) is 19.4 Å². The average molecular weight is 329 g/mol. The quantitative estimate of drug-likeness (QED) is 0.807. The zero-order valence-electron chi connectivity index (χ0n) is 12.8. The summed E-state index contributed by atoms with van der Waals surface area (Å²) >= 11 is 0. The molecule has 6 heteroatoms. The predicted molar refractivity (Wildman–Crippen MR) is 89.7 cm³/mol. The van der Waals surface area contributed by atoms with Gasteiger partial charge in [-0.15, -0.1) is 12.4 Å². The lowest BCUT2D eigenvalue weighted by Gasteiger charge is -2.23. The van der Waals surface area contributed by atoms with E-state index in [4.69, 9.17) is 15.2 Å². The molecule has 3 N–H and O–H groups in total. The number of anilines is 1. The van der Waals surface area contributed by atoms with E-state index in [9.17, 15) is 4.79 Å². The topological polar surface area (TPSA) is 73.6 Å². The minimum Gasteiger partial charge on any atom is -0.489 e. The van der Waals surface area contributed by atoms with Crippen LogP contribution in [-0.4, -0.2) is 31.8 Å². The first-order valence-electron chi connectivity index (χ1n) is 7.63. The highest BCUT2D eigenvalue weighted by molar-refractivity contribution is 5.92. The number of rotatable bonds is 7. The van der Waals surface area contributed by atoms with Crippen molar-refractivity contribution >= 4 is 24.0 Å². The van der Waals surface area contributed by atoms with Gasteiger partial charge in [-0.3, -0.25) is 4.79 Å². The SMILES string of the molecule is Cl.NCCCC(=O)Nc1ccccc1OCC1CCCCO1. The third-order valence-corrected chi connectivity index (χ3v) is 3.47. The maximum atomic E-state index is 11.8. The largest absolute Gasteiger partial charge is 0.489 e. The summed E-state index contributed by atoms with van der Waals surface area (Å²) in [5.41, 5.74) is 6.12.